The van der Waals surface area contributed by atoms with E-state index in [-0.39, 0.29) is 0 Å². The third kappa shape index (κ3) is 2.02. The number of rotatable bonds is 2. The molecule has 0 fully saturated rings. The predicted octanol–water partition coefficient (Wildman–Crippen LogP) is 4.88. The van der Waals surface area contributed by atoms with Crippen LogP contribution in [0.5, 0.6) is 0 Å². The molecule has 1 heteroatoms. The molecule has 0 aliphatic heterocycles. The lowest BCUT2D eigenvalue weighted by Gasteiger charge is -2.03. The first-order valence-electron chi connectivity index (χ1n) is 5.54. The van der Waals surface area contributed by atoms with E-state index in [1.165, 1.54) is 21.6 Å². The van der Waals surface area contributed by atoms with Gasteiger partial charge in [-0.25, -0.2) is 0 Å². The monoisotopic (exact) mass is 235 g/mol. The maximum atomic E-state index is 3.13. The molecule has 0 aliphatic rings. The fraction of sp³-hybridized carbons (Fsp3) is 0. The lowest BCUT2D eigenvalue weighted by atomic mass is 10.0. The van der Waals surface area contributed by atoms with Crippen LogP contribution in [0.1, 0.15) is 0 Å². The highest BCUT2D eigenvalue weighted by Crippen LogP contribution is 2.36. The van der Waals surface area contributed by atoms with Crippen molar-refractivity contribution >= 4 is 11.3 Å². The van der Waals surface area contributed by atoms with Crippen molar-refractivity contribution in [2.75, 3.05) is 0 Å². The third-order valence-electron chi connectivity index (χ3n) is 2.72. The van der Waals surface area contributed by atoms with Crippen molar-refractivity contribution in [1.82, 2.24) is 0 Å². The first kappa shape index (κ1) is 10.3. The van der Waals surface area contributed by atoms with Gasteiger partial charge in [-0.2, -0.15) is 0 Å². The maximum Gasteiger partial charge on any atom is 0.0421 e. The van der Waals surface area contributed by atoms with Crippen LogP contribution < -0.4 is 0 Å². The van der Waals surface area contributed by atoms with E-state index in [9.17, 15) is 0 Å². The van der Waals surface area contributed by atoms with Crippen molar-refractivity contribution in [3.63, 3.8) is 0 Å². The summed E-state index contributed by atoms with van der Waals surface area (Å²) in [5.41, 5.74) is 3.81. The number of hydrogen-bond acceptors (Lipinski definition) is 1. The molecule has 3 rings (SSSR count). The van der Waals surface area contributed by atoms with Gasteiger partial charge in [-0.3, -0.25) is 0 Å². The number of thiophene rings is 1. The lowest BCUT2D eigenvalue weighted by molar-refractivity contribution is 1.64. The highest BCUT2D eigenvalue weighted by molar-refractivity contribution is 7.14. The Morgan fingerprint density at radius 2 is 1.65 bits per heavy atom. The molecule has 0 amide bonds. The third-order valence-corrected chi connectivity index (χ3v) is 3.68. The van der Waals surface area contributed by atoms with Gasteiger partial charge in [-0.1, -0.05) is 48.5 Å². The topological polar surface area (TPSA) is 0 Å². The summed E-state index contributed by atoms with van der Waals surface area (Å²) >= 11 is 1.78. The minimum Gasteiger partial charge on any atom is -0.143 e. The Kier molecular flexibility index (Phi) is 2.76. The normalized spacial score (nSPS) is 10.4. The predicted molar refractivity (Wildman–Crippen MR) is 74.0 cm³/mol. The quantitative estimate of drug-likeness (QED) is 0.593. The molecule has 0 nitrogen and oxygen atoms in total. The Morgan fingerprint density at radius 3 is 2.41 bits per heavy atom. The van der Waals surface area contributed by atoms with E-state index in [0.717, 1.165) is 0 Å². The van der Waals surface area contributed by atoms with E-state index in [4.69, 9.17) is 0 Å². The summed E-state index contributed by atoms with van der Waals surface area (Å²) in [5, 5.41) is 2.14. The molecule has 0 aliphatic carbocycles. The van der Waals surface area contributed by atoms with Gasteiger partial charge in [0, 0.05) is 10.4 Å². The average molecular weight is 235 g/mol. The molecule has 17 heavy (non-hydrogen) atoms. The second-order valence-electron chi connectivity index (χ2n) is 3.82. The summed E-state index contributed by atoms with van der Waals surface area (Å²) < 4.78 is 0. The molecule has 1 radical (unpaired) electrons. The summed E-state index contributed by atoms with van der Waals surface area (Å²) in [6, 6.07) is 24.0. The van der Waals surface area contributed by atoms with E-state index in [0.29, 0.717) is 0 Å². The number of benzene rings is 2. The van der Waals surface area contributed by atoms with E-state index in [1.54, 1.807) is 11.3 Å². The number of hydrogen-bond donors (Lipinski definition) is 0. The molecule has 2 aromatic carbocycles. The van der Waals surface area contributed by atoms with Gasteiger partial charge in [0.1, 0.15) is 0 Å². The molecule has 0 saturated heterocycles. The Balaban J connectivity index is 2.13. The van der Waals surface area contributed by atoms with Crippen LogP contribution in [0.3, 0.4) is 0 Å². The van der Waals surface area contributed by atoms with Gasteiger partial charge in [-0.05, 0) is 34.7 Å². The van der Waals surface area contributed by atoms with Gasteiger partial charge < -0.3 is 0 Å². The molecular weight excluding hydrogens is 224 g/mol. The van der Waals surface area contributed by atoms with Gasteiger partial charge in [0.25, 0.3) is 0 Å². The second kappa shape index (κ2) is 4.56. The zero-order valence-electron chi connectivity index (χ0n) is 9.26. The minimum absolute atomic E-state index is 1.24. The van der Waals surface area contributed by atoms with Crippen molar-refractivity contribution in [1.29, 1.82) is 0 Å². The van der Waals surface area contributed by atoms with Crippen LogP contribution >= 0.6 is 11.3 Å². The van der Waals surface area contributed by atoms with Gasteiger partial charge in [0.2, 0.25) is 0 Å². The van der Waals surface area contributed by atoms with Crippen LogP contribution in [-0.4, -0.2) is 0 Å². The Hall–Kier alpha value is -1.86. The molecule has 0 atom stereocenters. The molecule has 1 aromatic heterocycles. The van der Waals surface area contributed by atoms with Gasteiger partial charge in [0.05, 0.1) is 0 Å². The van der Waals surface area contributed by atoms with E-state index in [2.05, 4.69) is 47.8 Å². The van der Waals surface area contributed by atoms with Crippen molar-refractivity contribution < 1.29 is 0 Å². The Bertz CT molecular complexity index is 540. The lowest BCUT2D eigenvalue weighted by Crippen LogP contribution is -1.78. The van der Waals surface area contributed by atoms with Crippen LogP contribution in [0.2, 0.25) is 0 Å². The highest BCUT2D eigenvalue weighted by Gasteiger charge is 2.07. The van der Waals surface area contributed by atoms with Gasteiger partial charge >= 0.3 is 0 Å². The summed E-state index contributed by atoms with van der Waals surface area (Å²) in [6.45, 7) is 0. The maximum absolute atomic E-state index is 3.13. The van der Waals surface area contributed by atoms with Gasteiger partial charge in [-0.15, -0.1) is 11.3 Å². The molecule has 81 valence electrons. The Morgan fingerprint density at radius 1 is 0.824 bits per heavy atom. The molecule has 0 unspecified atom stereocenters. The molecule has 0 N–H and O–H groups in total. The summed E-state index contributed by atoms with van der Waals surface area (Å²) in [6.07, 6.45) is 0. The van der Waals surface area contributed by atoms with Crippen LogP contribution in [0, 0.1) is 6.07 Å². The van der Waals surface area contributed by atoms with Crippen LogP contribution in [0.15, 0.2) is 66.0 Å². The van der Waals surface area contributed by atoms with E-state index < -0.39 is 0 Å². The Labute approximate surface area is 105 Å². The first-order valence-corrected chi connectivity index (χ1v) is 6.42. The zero-order valence-corrected chi connectivity index (χ0v) is 10.1. The second-order valence-corrected chi connectivity index (χ2v) is 4.74. The summed E-state index contributed by atoms with van der Waals surface area (Å²) in [7, 11) is 0. The van der Waals surface area contributed by atoms with Crippen molar-refractivity contribution in [2.24, 2.45) is 0 Å². The standard InChI is InChI=1S/C16H11S/c1-3-7-13(8-4-1)15-11-12-17-16(15)14-9-5-2-6-10-14/h1-5,7-12H. The van der Waals surface area contributed by atoms with Gasteiger partial charge in [0.15, 0.2) is 0 Å². The van der Waals surface area contributed by atoms with E-state index >= 15 is 0 Å². The van der Waals surface area contributed by atoms with Crippen molar-refractivity contribution in [2.45, 2.75) is 0 Å². The van der Waals surface area contributed by atoms with Crippen LogP contribution in [0.25, 0.3) is 21.6 Å². The molecule has 3 aromatic rings. The minimum atomic E-state index is 1.24. The van der Waals surface area contributed by atoms with Crippen LogP contribution in [-0.2, 0) is 0 Å². The summed E-state index contributed by atoms with van der Waals surface area (Å²) in [4.78, 5) is 1.31. The zero-order chi connectivity index (χ0) is 11.5. The molecule has 0 saturated carbocycles. The summed E-state index contributed by atoms with van der Waals surface area (Å²) in [5.74, 6) is 0. The molecule has 1 heterocycles. The molecular formula is C16H11S. The van der Waals surface area contributed by atoms with E-state index in [1.807, 2.05) is 24.3 Å². The fourth-order valence-corrected chi connectivity index (χ4v) is 2.83. The van der Waals surface area contributed by atoms with Crippen LogP contribution in [0.4, 0.5) is 0 Å². The highest BCUT2D eigenvalue weighted by atomic mass is 32.1. The molecule has 0 spiro atoms. The first-order chi connectivity index (χ1) is 8.45. The largest absolute Gasteiger partial charge is 0.143 e. The molecule has 0 bridgehead atoms. The smallest absolute Gasteiger partial charge is 0.0421 e. The van der Waals surface area contributed by atoms with Crippen molar-refractivity contribution in [3.8, 4) is 21.6 Å². The fourth-order valence-electron chi connectivity index (χ4n) is 1.91. The SMILES string of the molecule is [c]1cccc(-c2sccc2-c2ccccc2)c1. The average Bonchev–Trinajstić information content (AvgIpc) is 2.90. The van der Waals surface area contributed by atoms with Crippen molar-refractivity contribution in [3.05, 3.63) is 72.1 Å².